The Hall–Kier alpha value is -2.72. The van der Waals surface area contributed by atoms with Gasteiger partial charge in [0.25, 0.3) is 0 Å². The molecule has 3 rings (SSSR count). The van der Waals surface area contributed by atoms with Crippen LogP contribution in [0.1, 0.15) is 49.0 Å². The number of nitrogens with one attached hydrogen (secondary N) is 3. The summed E-state index contributed by atoms with van der Waals surface area (Å²) in [6.45, 7) is 3.84. The maximum Gasteiger partial charge on any atom is 0.421 e. The summed E-state index contributed by atoms with van der Waals surface area (Å²) in [4.78, 5) is 24.3. The van der Waals surface area contributed by atoms with E-state index in [0.29, 0.717) is 24.0 Å². The summed E-state index contributed by atoms with van der Waals surface area (Å²) in [5.74, 6) is -0.283. The van der Waals surface area contributed by atoms with E-state index in [1.807, 2.05) is 13.8 Å². The van der Waals surface area contributed by atoms with Gasteiger partial charge in [-0.3, -0.25) is 9.63 Å². The molecule has 7 nitrogen and oxygen atoms in total. The van der Waals surface area contributed by atoms with Crippen LogP contribution in [0.25, 0.3) is 0 Å². The number of aldehydes is 1. The van der Waals surface area contributed by atoms with E-state index in [-0.39, 0.29) is 30.0 Å². The molecule has 0 bridgehead atoms. The van der Waals surface area contributed by atoms with Crippen molar-refractivity contribution in [2.24, 2.45) is 0 Å². The topological polar surface area (TPSA) is 88.2 Å². The molecule has 1 saturated carbocycles. The fourth-order valence-corrected chi connectivity index (χ4v) is 3.16. The molecule has 2 aromatic rings. The van der Waals surface area contributed by atoms with Crippen LogP contribution in [0.4, 0.5) is 30.6 Å². The molecule has 0 spiro atoms. The monoisotopic (exact) mass is 423 g/mol. The lowest BCUT2D eigenvalue weighted by Crippen LogP contribution is -2.38. The number of halogens is 3. The van der Waals surface area contributed by atoms with E-state index in [4.69, 9.17) is 4.84 Å². The summed E-state index contributed by atoms with van der Waals surface area (Å²) in [5.41, 5.74) is 2.97. The molecule has 2 atom stereocenters. The van der Waals surface area contributed by atoms with E-state index >= 15 is 0 Å². The third kappa shape index (κ3) is 5.67. The molecule has 10 heteroatoms. The second-order valence-corrected chi connectivity index (χ2v) is 7.43. The molecule has 1 aromatic carbocycles. The molecule has 0 aliphatic heterocycles. The number of rotatable bonds is 8. The van der Waals surface area contributed by atoms with Crippen molar-refractivity contribution in [2.75, 3.05) is 10.6 Å². The molecular weight excluding hydrogens is 399 g/mol. The number of hydrogen-bond acceptors (Lipinski definition) is 7. The van der Waals surface area contributed by atoms with Gasteiger partial charge in [0, 0.05) is 23.5 Å². The number of benzene rings is 1. The number of anilines is 3. The molecule has 3 N–H and O–H groups in total. The first-order valence-corrected chi connectivity index (χ1v) is 9.70. The number of alkyl halides is 3. The van der Waals surface area contributed by atoms with Crippen LogP contribution < -0.4 is 16.1 Å². The van der Waals surface area contributed by atoms with Crippen molar-refractivity contribution in [3.8, 4) is 0 Å². The minimum atomic E-state index is -4.60. The Bertz CT molecular complexity index is 859. The zero-order valence-corrected chi connectivity index (χ0v) is 16.7. The molecule has 162 valence electrons. The molecular formula is C20H24F3N5O2. The normalized spacial score (nSPS) is 19.1. The predicted molar refractivity (Wildman–Crippen MR) is 107 cm³/mol. The Balaban J connectivity index is 1.81. The Labute approximate surface area is 172 Å². The van der Waals surface area contributed by atoms with Crippen molar-refractivity contribution >= 4 is 23.7 Å². The number of aromatic nitrogens is 2. The molecule has 1 aromatic heterocycles. The van der Waals surface area contributed by atoms with E-state index in [0.717, 1.165) is 19.0 Å². The third-order valence-electron chi connectivity index (χ3n) is 4.63. The Morgan fingerprint density at radius 1 is 1.20 bits per heavy atom. The zero-order valence-electron chi connectivity index (χ0n) is 16.7. The van der Waals surface area contributed by atoms with E-state index in [1.54, 1.807) is 24.3 Å². The average molecular weight is 423 g/mol. The summed E-state index contributed by atoms with van der Waals surface area (Å²) in [6, 6.07) is 6.19. The minimum Gasteiger partial charge on any atom is -0.364 e. The lowest BCUT2D eigenvalue weighted by Gasteiger charge is -2.24. The molecule has 1 aliphatic carbocycles. The van der Waals surface area contributed by atoms with Gasteiger partial charge in [-0.1, -0.05) is 0 Å². The highest BCUT2D eigenvalue weighted by molar-refractivity contribution is 5.76. The number of carbonyl (C=O) groups excluding carboxylic acids is 1. The Kier molecular flexibility index (Phi) is 6.88. The minimum absolute atomic E-state index is 0.0140. The van der Waals surface area contributed by atoms with Crippen LogP contribution in [0.2, 0.25) is 0 Å². The summed E-state index contributed by atoms with van der Waals surface area (Å²) in [5, 5.41) is 5.77. The van der Waals surface area contributed by atoms with Crippen molar-refractivity contribution in [3.63, 3.8) is 0 Å². The van der Waals surface area contributed by atoms with Gasteiger partial charge in [-0.25, -0.2) is 4.98 Å². The van der Waals surface area contributed by atoms with Gasteiger partial charge in [0.1, 0.15) is 17.7 Å². The highest BCUT2D eigenvalue weighted by atomic mass is 19.4. The third-order valence-corrected chi connectivity index (χ3v) is 4.63. The molecule has 1 aliphatic rings. The smallest absolute Gasteiger partial charge is 0.364 e. The van der Waals surface area contributed by atoms with Crippen molar-refractivity contribution in [1.29, 1.82) is 0 Å². The van der Waals surface area contributed by atoms with Crippen LogP contribution in [-0.4, -0.2) is 34.4 Å². The van der Waals surface area contributed by atoms with Gasteiger partial charge >= 0.3 is 6.18 Å². The van der Waals surface area contributed by atoms with Gasteiger partial charge < -0.3 is 10.6 Å². The predicted octanol–water partition coefficient (Wildman–Crippen LogP) is 4.31. The van der Waals surface area contributed by atoms with Crippen molar-refractivity contribution in [1.82, 2.24) is 15.4 Å². The van der Waals surface area contributed by atoms with Gasteiger partial charge in [-0.2, -0.15) is 23.6 Å². The summed E-state index contributed by atoms with van der Waals surface area (Å²) in [7, 11) is 0. The summed E-state index contributed by atoms with van der Waals surface area (Å²) >= 11 is 0. The van der Waals surface area contributed by atoms with E-state index in [1.165, 1.54) is 0 Å². The number of nitrogens with zero attached hydrogens (tertiary/aromatic N) is 2. The summed E-state index contributed by atoms with van der Waals surface area (Å²) in [6.07, 6.45) is -1.17. The first kappa shape index (κ1) is 22.0. The highest BCUT2D eigenvalue weighted by Crippen LogP contribution is 2.36. The first-order chi connectivity index (χ1) is 14.3. The molecule has 2 unspecified atom stereocenters. The van der Waals surface area contributed by atoms with E-state index < -0.39 is 11.7 Å². The van der Waals surface area contributed by atoms with E-state index in [9.17, 15) is 18.0 Å². The Morgan fingerprint density at radius 3 is 2.57 bits per heavy atom. The van der Waals surface area contributed by atoms with Crippen LogP contribution in [0.15, 0.2) is 30.5 Å². The largest absolute Gasteiger partial charge is 0.421 e. The average Bonchev–Trinajstić information content (AvgIpc) is 3.13. The molecule has 30 heavy (non-hydrogen) atoms. The number of carbonyl (C=O) groups is 1. The van der Waals surface area contributed by atoms with Gasteiger partial charge in [0.05, 0.1) is 12.1 Å². The van der Waals surface area contributed by atoms with Crippen molar-refractivity contribution in [3.05, 3.63) is 41.6 Å². The molecule has 0 saturated heterocycles. The molecule has 0 amide bonds. The summed E-state index contributed by atoms with van der Waals surface area (Å²) < 4.78 is 40.5. The standard InChI is InChI=1S/C20H24F3N5O2/c1-12(2)28-30-17-5-3-4-16(17)26-18-15(20(21,22)23)10-24-19(27-18)25-14-8-6-13(11-29)7-9-14/h6-12,16-17,28H,3-5H2,1-2H3,(H2,24,25,26,27). The zero-order chi connectivity index (χ0) is 21.7. The number of hydrogen-bond donors (Lipinski definition) is 3. The van der Waals surface area contributed by atoms with Crippen LogP contribution in [0, 0.1) is 0 Å². The van der Waals surface area contributed by atoms with Crippen LogP contribution >= 0.6 is 0 Å². The highest BCUT2D eigenvalue weighted by Gasteiger charge is 2.37. The fraction of sp³-hybridized carbons (Fsp3) is 0.450. The van der Waals surface area contributed by atoms with Gasteiger partial charge in [0.2, 0.25) is 5.95 Å². The van der Waals surface area contributed by atoms with Gasteiger partial charge in [-0.15, -0.1) is 0 Å². The maximum atomic E-state index is 13.5. The van der Waals surface area contributed by atoms with Crippen LogP contribution in [-0.2, 0) is 11.0 Å². The molecule has 1 heterocycles. The quantitative estimate of drug-likeness (QED) is 0.431. The van der Waals surface area contributed by atoms with Crippen molar-refractivity contribution in [2.45, 2.75) is 57.5 Å². The van der Waals surface area contributed by atoms with E-state index in [2.05, 4.69) is 26.1 Å². The van der Waals surface area contributed by atoms with Crippen molar-refractivity contribution < 1.29 is 22.8 Å². The lowest BCUT2D eigenvalue weighted by molar-refractivity contribution is -0.137. The molecule has 1 fully saturated rings. The first-order valence-electron chi connectivity index (χ1n) is 9.70. The SMILES string of the molecule is CC(C)NOC1CCCC1Nc1nc(Nc2ccc(C=O)cc2)ncc1C(F)(F)F. The maximum absolute atomic E-state index is 13.5. The van der Waals surface area contributed by atoms with Crippen LogP contribution in [0.5, 0.6) is 0 Å². The van der Waals surface area contributed by atoms with Crippen LogP contribution in [0.3, 0.4) is 0 Å². The molecule has 0 radical (unpaired) electrons. The Morgan fingerprint density at radius 2 is 1.93 bits per heavy atom. The lowest BCUT2D eigenvalue weighted by atomic mass is 10.2. The number of hydroxylamine groups is 1. The second-order valence-electron chi connectivity index (χ2n) is 7.43. The van der Waals surface area contributed by atoms with Gasteiger partial charge in [-0.05, 0) is 57.4 Å². The fourth-order valence-electron chi connectivity index (χ4n) is 3.16. The van der Waals surface area contributed by atoms with Gasteiger partial charge in [0.15, 0.2) is 0 Å². The second kappa shape index (κ2) is 9.40.